The Bertz CT molecular complexity index is 4850. The molecule has 4 fully saturated rings. The number of carboxylic acid groups (broad SMARTS) is 1. The minimum Gasteiger partial charge on any atom is -0.870 e. The van der Waals surface area contributed by atoms with Gasteiger partial charge in [0.1, 0.15) is 48.3 Å². The van der Waals surface area contributed by atoms with E-state index in [1.807, 2.05) is 136 Å². The van der Waals surface area contributed by atoms with Crippen molar-refractivity contribution in [2.75, 3.05) is 26.4 Å². The molecule has 6 bridgehead atoms. The van der Waals surface area contributed by atoms with Gasteiger partial charge in [0.2, 0.25) is 17.1 Å². The Morgan fingerprint density at radius 2 is 0.913 bits per heavy atom. The van der Waals surface area contributed by atoms with E-state index in [1.54, 1.807) is 98.8 Å². The number of fused-ring (bicyclic) bond motifs is 6. The largest absolute Gasteiger partial charge is 1.00 e. The second kappa shape index (κ2) is 68.0. The summed E-state index contributed by atoms with van der Waals surface area (Å²) in [5, 5.41) is 25.2. The van der Waals surface area contributed by atoms with Crippen LogP contribution in [0.15, 0.2) is 201 Å². The fourth-order valence-corrected chi connectivity index (χ4v) is 14.0. The number of carbonyl (C=O) groups is 15. The normalized spacial score (nSPS) is 21.2. The number of unbranched alkanes of at least 4 members (excludes halogenated alkanes) is 4. The van der Waals surface area contributed by atoms with Crippen molar-refractivity contribution in [3.05, 3.63) is 218 Å². The second-order valence-corrected chi connectivity index (χ2v) is 37.7. The van der Waals surface area contributed by atoms with E-state index in [9.17, 15) is 82.1 Å². The SMILES string of the molecule is C=C/C=C/OC(C)=O.C=CC(=O)OCCCC.CC(C)(C)OC(=O)NC1CCC(O)(C(N)=O)CC1.CC(C)(C)OC(=O)OC(=O)OC(C)(C)C.CCCCOC(=O)C12C=CC(CC1)N(C(=O)OCc1ccccc1)O2.CCCCOC(=O)C1=CC=CCC1.CCCCOC(=O)C1CCC=CC1OC(C)=O.NC(=O)C12C=CC(CC1)N(C(=O)OCc1ccccc1)O2.O=C(OCc1ccccc1)N1OC2(C(=O)O)C=CC1CC2.[Na+].[OH-]. The molecule has 8 N–H and O–H groups in total. The van der Waals surface area contributed by atoms with Crippen LogP contribution in [0.1, 0.15) is 262 Å². The van der Waals surface area contributed by atoms with E-state index in [1.165, 1.54) is 38.3 Å². The number of hydrogen-bond donors (Lipinski definition) is 5. The first-order chi connectivity index (χ1) is 69.5. The number of esters is 6. The second-order valence-electron chi connectivity index (χ2n) is 37.7. The standard InChI is InChI=1S/C19H23NO5.C15H16N2O4.C15H15NO5.C13H20O4.C12H22N2O4.C11H16O2.C10H18O5.C7H12O2.C6H8O2.Na.H2O/c1-2-3-13-23-17(21)19-11-9-16(10-12-19)20(25-19)18(22)24-14-15-7-5-4-6-8-15;16-13(18)15-8-6-12(7-9-15)17(21-15)14(19)20-10-11-4-2-1-3-5-11;17-13(18)15-8-6-12(7-9-15)16(21-15)14(19)20-10-11-4-2-1-3-5-11;1-3-4-9-16-13(15)11-7-5-6-8-12(11)17-10(2)14;1-11(2,3)18-10(16)14-8-4-6-12(17,7-5-8)9(13)15;1-2-3-9-13-11(12)10-7-5-4-6-8-10;1-9(2,3)14-7(11)13-8(12)15-10(4,5)6;1-3-5-6-9-7(8)4-2;1-3-4-5-8-6(2)7;;/h4-9,11,16H,2-3,10,12-14H2,1H3;1-6,8,12H,7,9-10H2,(H2,16,18);1-6,8,12H,7,9-10H2,(H,17,18);6,8,11-12H,3-5,7,9H2,1-2H3;8,17H,4-7H2,1-3H3,(H2,13,15)(H,14,16);4-5,7H,2-3,6,8-9H2,1H3;1-6H3;4H,2-3,5-6H2,1H3;3-5H,1H2,2H3;;1H2/q;;;;;;;;;+1;/p-1/b;;;;;;;;5-4+;;. The number of nitrogens with two attached hydrogens (primary N) is 2. The van der Waals surface area contributed by atoms with Crippen LogP contribution in [-0.4, -0.2) is 217 Å². The van der Waals surface area contributed by atoms with Gasteiger partial charge in [0.25, 0.3) is 5.91 Å². The number of carboxylic acids is 1. The Morgan fingerprint density at radius 3 is 1.29 bits per heavy atom. The number of aliphatic carboxylic acids is 1. The molecule has 0 aromatic heterocycles. The van der Waals surface area contributed by atoms with Gasteiger partial charge < -0.3 is 94.1 Å². The molecular formula is C108H151N6NaO34. The molecule has 40 nitrogen and oxygen atoms in total. The zero-order valence-corrected chi connectivity index (χ0v) is 90.7. The van der Waals surface area contributed by atoms with Crippen LogP contribution < -0.4 is 46.3 Å². The Hall–Kier alpha value is -12.8. The van der Waals surface area contributed by atoms with Gasteiger partial charge >= 0.3 is 108 Å². The number of rotatable bonds is 29. The number of benzene rings is 3. The molecule has 41 heteroatoms. The number of alkyl carbamates (subject to hydrolysis) is 1. The average molecular weight is 2100 g/mol. The summed E-state index contributed by atoms with van der Waals surface area (Å²) in [7, 11) is 0. The van der Waals surface area contributed by atoms with Crippen molar-refractivity contribution in [2.24, 2.45) is 17.4 Å². The van der Waals surface area contributed by atoms with Crippen molar-refractivity contribution in [1.29, 1.82) is 0 Å². The molecule has 12 aliphatic rings. The van der Waals surface area contributed by atoms with Gasteiger partial charge in [-0.2, -0.15) is 15.2 Å². The molecule has 0 spiro atoms. The number of aliphatic hydroxyl groups is 1. The van der Waals surface area contributed by atoms with Crippen LogP contribution in [0.5, 0.6) is 0 Å². The molecule has 818 valence electrons. The third-order valence-electron chi connectivity index (χ3n) is 21.9. The Kier molecular flexibility index (Phi) is 60.3. The maximum absolute atomic E-state index is 12.4. The van der Waals surface area contributed by atoms with Gasteiger partial charge in [-0.05, 0) is 225 Å². The molecule has 3 saturated heterocycles. The summed E-state index contributed by atoms with van der Waals surface area (Å²) in [5.41, 5.74) is 6.71. The number of nitrogens with one attached hydrogen (secondary N) is 1. The molecule has 0 radical (unpaired) electrons. The minimum absolute atomic E-state index is 0. The number of nitrogens with zero attached hydrogens (tertiary/aromatic N) is 3. The van der Waals surface area contributed by atoms with Gasteiger partial charge in [0.05, 0.1) is 56.7 Å². The Balaban J connectivity index is 0.000000575. The molecule has 6 heterocycles. The Labute approximate surface area is 894 Å². The van der Waals surface area contributed by atoms with Gasteiger partial charge in [-0.15, -0.1) is 0 Å². The van der Waals surface area contributed by atoms with E-state index in [0.717, 1.165) is 108 Å². The number of primary amides is 2. The molecule has 3 aromatic carbocycles. The summed E-state index contributed by atoms with van der Waals surface area (Å²) in [6.07, 6.45) is 35.8. The van der Waals surface area contributed by atoms with E-state index >= 15 is 0 Å². The van der Waals surface area contributed by atoms with Crippen molar-refractivity contribution >= 4 is 90.3 Å². The van der Waals surface area contributed by atoms with Gasteiger partial charge in [-0.3, -0.25) is 24.0 Å². The third kappa shape index (κ3) is 50.4. The molecule has 6 aliphatic heterocycles. The molecule has 8 atom stereocenters. The molecule has 15 rings (SSSR count). The molecule has 6 aliphatic carbocycles. The predicted molar refractivity (Wildman–Crippen MR) is 540 cm³/mol. The zero-order valence-electron chi connectivity index (χ0n) is 88.7. The van der Waals surface area contributed by atoms with Gasteiger partial charge in [-0.1, -0.05) is 206 Å². The number of hydroxylamine groups is 6. The molecule has 3 aromatic rings. The minimum atomic E-state index is -1.44. The van der Waals surface area contributed by atoms with Crippen LogP contribution >= 0.6 is 0 Å². The van der Waals surface area contributed by atoms with E-state index in [4.69, 9.17) is 73.3 Å². The van der Waals surface area contributed by atoms with Crippen LogP contribution in [0, 0.1) is 5.92 Å². The summed E-state index contributed by atoms with van der Waals surface area (Å²) >= 11 is 0. The first-order valence-corrected chi connectivity index (χ1v) is 49.3. The van der Waals surface area contributed by atoms with Crippen LogP contribution in [-0.2, 0) is 139 Å². The zero-order chi connectivity index (χ0) is 109. The number of amides is 6. The van der Waals surface area contributed by atoms with E-state index in [-0.39, 0.29) is 128 Å². The summed E-state index contributed by atoms with van der Waals surface area (Å²) < 4.78 is 64.4. The van der Waals surface area contributed by atoms with Gasteiger partial charge in [-0.25, -0.2) is 62.5 Å². The first kappa shape index (κ1) is 132. The van der Waals surface area contributed by atoms with Crippen LogP contribution in [0.2, 0.25) is 0 Å². The Morgan fingerprint density at radius 1 is 0.497 bits per heavy atom. The molecule has 6 amide bonds. The average Bonchev–Trinajstić information content (AvgIpc) is 0.764. The summed E-state index contributed by atoms with van der Waals surface area (Å²) in [6.45, 7) is 35.2. The summed E-state index contributed by atoms with van der Waals surface area (Å²) in [5.74, 6) is -4.60. The fourth-order valence-electron chi connectivity index (χ4n) is 14.0. The van der Waals surface area contributed by atoms with Crippen LogP contribution in [0.25, 0.3) is 0 Å². The molecule has 8 unspecified atom stereocenters. The molecule has 1 saturated carbocycles. The number of ether oxygens (including phenoxy) is 13. The maximum atomic E-state index is 12.4. The van der Waals surface area contributed by atoms with Crippen LogP contribution in [0.3, 0.4) is 0 Å². The maximum Gasteiger partial charge on any atom is 1.00 e. The van der Waals surface area contributed by atoms with Crippen molar-refractivity contribution in [2.45, 2.75) is 334 Å². The smallest absolute Gasteiger partial charge is 0.870 e. The summed E-state index contributed by atoms with van der Waals surface area (Å²) in [4.78, 5) is 187. The van der Waals surface area contributed by atoms with Gasteiger partial charge in [0.15, 0.2) is 5.60 Å². The fraction of sp³-hybridized carbons (Fsp3) is 0.528. The number of allylic oxidation sites excluding steroid dienone is 6. The van der Waals surface area contributed by atoms with Crippen molar-refractivity contribution < 1.29 is 193 Å². The topological polar surface area (TPSA) is 548 Å². The quantitative estimate of drug-likeness (QED) is 0.00496. The molecule has 149 heavy (non-hydrogen) atoms. The van der Waals surface area contributed by atoms with Crippen molar-refractivity contribution in [3.63, 3.8) is 0 Å². The van der Waals surface area contributed by atoms with Crippen molar-refractivity contribution in [1.82, 2.24) is 20.5 Å². The van der Waals surface area contributed by atoms with E-state index in [2.05, 4.69) is 45.7 Å². The monoisotopic (exact) mass is 2100 g/mol. The predicted octanol–water partition coefficient (Wildman–Crippen LogP) is 15.0. The third-order valence-corrected chi connectivity index (χ3v) is 21.9. The van der Waals surface area contributed by atoms with Crippen molar-refractivity contribution in [3.8, 4) is 0 Å². The van der Waals surface area contributed by atoms with Crippen LogP contribution in [0.4, 0.5) is 28.8 Å². The van der Waals surface area contributed by atoms with E-state index in [0.29, 0.717) is 84.2 Å². The van der Waals surface area contributed by atoms with Gasteiger partial charge in [0, 0.05) is 31.5 Å². The summed E-state index contributed by atoms with van der Waals surface area (Å²) in [6, 6.07) is 27.3. The number of hydrogen-bond acceptors (Lipinski definition) is 33. The van der Waals surface area contributed by atoms with E-state index < -0.39 is 106 Å². The number of carbonyl (C=O) groups excluding carboxylic acids is 14. The molecular weight excluding hydrogens is 1950 g/mol. The first-order valence-electron chi connectivity index (χ1n) is 49.3.